The van der Waals surface area contributed by atoms with Gasteiger partial charge in [-0.2, -0.15) is 0 Å². The van der Waals surface area contributed by atoms with Crippen LogP contribution in [0.5, 0.6) is 0 Å². The van der Waals surface area contributed by atoms with Gasteiger partial charge in [0.2, 0.25) is 0 Å². The van der Waals surface area contributed by atoms with Crippen LogP contribution in [0.3, 0.4) is 0 Å². The van der Waals surface area contributed by atoms with Gasteiger partial charge in [-0.25, -0.2) is 9.59 Å². The van der Waals surface area contributed by atoms with Crippen molar-refractivity contribution in [1.29, 1.82) is 0 Å². The van der Waals surface area contributed by atoms with Crippen LogP contribution in [-0.4, -0.2) is 22.2 Å². The van der Waals surface area contributed by atoms with Crippen LogP contribution < -0.4 is 0 Å². The molecule has 0 aromatic heterocycles. The molecule has 0 atom stereocenters. The summed E-state index contributed by atoms with van der Waals surface area (Å²) in [5, 5.41) is 19.4. The molecule has 4 nitrogen and oxygen atoms in total. The first-order valence-electron chi connectivity index (χ1n) is 8.89. The molecule has 0 aliphatic rings. The highest BCUT2D eigenvalue weighted by Crippen LogP contribution is 2.28. The molecule has 0 aliphatic carbocycles. The Morgan fingerprint density at radius 2 is 1.36 bits per heavy atom. The van der Waals surface area contributed by atoms with E-state index in [1.807, 2.05) is 48.5 Å². The molecule has 3 aromatic rings. The molecular formula is C23H19ClO4. The average molecular weight is 395 g/mol. The molecule has 0 spiro atoms. The first-order valence-corrected chi connectivity index (χ1v) is 9.27. The summed E-state index contributed by atoms with van der Waals surface area (Å²) in [5.41, 5.74) is 3.56. The fourth-order valence-electron chi connectivity index (χ4n) is 3.27. The maximum Gasteiger partial charge on any atom is 0.335 e. The third kappa shape index (κ3) is 4.41. The Bertz CT molecular complexity index is 977. The third-order valence-electron chi connectivity index (χ3n) is 4.67. The molecule has 0 bridgehead atoms. The second-order valence-electron chi connectivity index (χ2n) is 6.47. The number of halogens is 1. The molecule has 142 valence electrons. The molecule has 0 heterocycles. The summed E-state index contributed by atoms with van der Waals surface area (Å²) in [5.74, 6) is -2.22. The van der Waals surface area contributed by atoms with E-state index in [4.69, 9.17) is 11.6 Å². The SMILES string of the molecule is O=C(O)c1cccc(C(=O)O)c1CCCc1ccc(-c2ccccc2Cl)cc1. The predicted octanol–water partition coefficient (Wildman–Crippen LogP) is 5.58. The Labute approximate surface area is 168 Å². The van der Waals surface area contributed by atoms with Gasteiger partial charge in [0.15, 0.2) is 0 Å². The number of carboxylic acids is 2. The maximum atomic E-state index is 11.4. The third-order valence-corrected chi connectivity index (χ3v) is 5.00. The van der Waals surface area contributed by atoms with Gasteiger partial charge in [-0.3, -0.25) is 0 Å². The van der Waals surface area contributed by atoms with Crippen molar-refractivity contribution >= 4 is 23.5 Å². The second-order valence-corrected chi connectivity index (χ2v) is 6.88. The number of hydrogen-bond acceptors (Lipinski definition) is 2. The minimum atomic E-state index is -1.11. The van der Waals surface area contributed by atoms with Gasteiger partial charge >= 0.3 is 11.9 Å². The molecule has 0 unspecified atom stereocenters. The van der Waals surface area contributed by atoms with Crippen LogP contribution >= 0.6 is 11.6 Å². The number of benzene rings is 3. The molecule has 0 amide bonds. The monoisotopic (exact) mass is 394 g/mol. The first-order chi connectivity index (χ1) is 13.5. The molecule has 2 N–H and O–H groups in total. The Morgan fingerprint density at radius 3 is 1.93 bits per heavy atom. The highest BCUT2D eigenvalue weighted by molar-refractivity contribution is 6.33. The van der Waals surface area contributed by atoms with Crippen LogP contribution in [-0.2, 0) is 12.8 Å². The lowest BCUT2D eigenvalue weighted by Crippen LogP contribution is -2.10. The molecule has 0 radical (unpaired) electrons. The Morgan fingerprint density at radius 1 is 0.750 bits per heavy atom. The van der Waals surface area contributed by atoms with Crippen molar-refractivity contribution in [2.75, 3.05) is 0 Å². The van der Waals surface area contributed by atoms with Crippen molar-refractivity contribution in [3.8, 4) is 11.1 Å². The summed E-state index contributed by atoms with van der Waals surface area (Å²) in [4.78, 5) is 22.9. The summed E-state index contributed by atoms with van der Waals surface area (Å²) >= 11 is 6.23. The second kappa shape index (κ2) is 8.72. The van der Waals surface area contributed by atoms with Gasteiger partial charge in [-0.15, -0.1) is 0 Å². The zero-order chi connectivity index (χ0) is 20.1. The van der Waals surface area contributed by atoms with E-state index in [0.29, 0.717) is 23.4 Å². The van der Waals surface area contributed by atoms with Crippen molar-refractivity contribution in [3.63, 3.8) is 0 Å². The molecule has 0 fully saturated rings. The van der Waals surface area contributed by atoms with Gasteiger partial charge < -0.3 is 10.2 Å². The number of hydrogen-bond donors (Lipinski definition) is 2. The van der Waals surface area contributed by atoms with Gasteiger partial charge in [-0.05, 0) is 54.2 Å². The first kappa shape index (κ1) is 19.6. The zero-order valence-electron chi connectivity index (χ0n) is 15.1. The van der Waals surface area contributed by atoms with E-state index >= 15 is 0 Å². The van der Waals surface area contributed by atoms with Gasteiger partial charge in [0.1, 0.15) is 0 Å². The highest BCUT2D eigenvalue weighted by Gasteiger charge is 2.17. The largest absolute Gasteiger partial charge is 0.478 e. The normalized spacial score (nSPS) is 10.6. The van der Waals surface area contributed by atoms with Crippen molar-refractivity contribution in [3.05, 3.63) is 94.0 Å². The van der Waals surface area contributed by atoms with E-state index in [0.717, 1.165) is 23.1 Å². The van der Waals surface area contributed by atoms with E-state index in [2.05, 4.69) is 0 Å². The summed E-state index contributed by atoms with van der Waals surface area (Å²) in [6, 6.07) is 20.0. The summed E-state index contributed by atoms with van der Waals surface area (Å²) < 4.78 is 0. The lowest BCUT2D eigenvalue weighted by atomic mass is 9.94. The molecule has 0 aliphatic heterocycles. The summed E-state index contributed by atoms with van der Waals surface area (Å²) in [7, 11) is 0. The van der Waals surface area contributed by atoms with Gasteiger partial charge in [0.05, 0.1) is 11.1 Å². The minimum absolute atomic E-state index is 0.0500. The van der Waals surface area contributed by atoms with E-state index < -0.39 is 11.9 Å². The van der Waals surface area contributed by atoms with Gasteiger partial charge in [0, 0.05) is 10.6 Å². The van der Waals surface area contributed by atoms with Crippen molar-refractivity contribution in [1.82, 2.24) is 0 Å². The molecule has 3 rings (SSSR count). The van der Waals surface area contributed by atoms with Crippen LogP contribution in [0.25, 0.3) is 11.1 Å². The summed E-state index contributed by atoms with van der Waals surface area (Å²) in [6.07, 6.45) is 1.75. The topological polar surface area (TPSA) is 74.6 Å². The number of aryl methyl sites for hydroxylation is 1. The fourth-order valence-corrected chi connectivity index (χ4v) is 3.52. The molecular weight excluding hydrogens is 376 g/mol. The summed E-state index contributed by atoms with van der Waals surface area (Å²) in [6.45, 7) is 0. The van der Waals surface area contributed by atoms with Crippen molar-refractivity contribution in [2.45, 2.75) is 19.3 Å². The molecule has 28 heavy (non-hydrogen) atoms. The smallest absolute Gasteiger partial charge is 0.335 e. The van der Waals surface area contributed by atoms with Crippen LogP contribution in [0.4, 0.5) is 0 Å². The predicted molar refractivity (Wildman–Crippen MR) is 109 cm³/mol. The van der Waals surface area contributed by atoms with Crippen LogP contribution in [0.15, 0.2) is 66.7 Å². The zero-order valence-corrected chi connectivity index (χ0v) is 15.8. The number of aromatic carboxylic acids is 2. The van der Waals surface area contributed by atoms with Crippen LogP contribution in [0.2, 0.25) is 5.02 Å². The van der Waals surface area contributed by atoms with E-state index in [9.17, 15) is 19.8 Å². The number of carbonyl (C=O) groups is 2. The maximum absolute atomic E-state index is 11.4. The Kier molecular flexibility index (Phi) is 6.12. The van der Waals surface area contributed by atoms with E-state index in [-0.39, 0.29) is 11.1 Å². The van der Waals surface area contributed by atoms with Crippen LogP contribution in [0.1, 0.15) is 38.3 Å². The lowest BCUT2D eigenvalue weighted by molar-refractivity contribution is 0.0695. The van der Waals surface area contributed by atoms with E-state index in [1.165, 1.54) is 18.2 Å². The molecule has 0 saturated heterocycles. The highest BCUT2D eigenvalue weighted by atomic mass is 35.5. The quantitative estimate of drug-likeness (QED) is 0.548. The molecule has 5 heteroatoms. The van der Waals surface area contributed by atoms with Gasteiger partial charge in [-0.1, -0.05) is 60.1 Å². The van der Waals surface area contributed by atoms with E-state index in [1.54, 1.807) is 0 Å². The average Bonchev–Trinajstić information content (AvgIpc) is 2.69. The number of rotatable bonds is 7. The van der Waals surface area contributed by atoms with Crippen molar-refractivity contribution in [2.24, 2.45) is 0 Å². The Hall–Kier alpha value is -3.11. The lowest BCUT2D eigenvalue weighted by Gasteiger charge is -2.10. The number of carboxylic acid groups (broad SMARTS) is 2. The fraction of sp³-hybridized carbons (Fsp3) is 0.130. The minimum Gasteiger partial charge on any atom is -0.478 e. The standard InChI is InChI=1S/C23H19ClO4/c24-21-10-2-1-6-17(21)16-13-11-15(12-14-16)5-3-7-18-19(22(25)26)8-4-9-20(18)23(27)28/h1-2,4,6,8-14H,3,5,7H2,(H,25,26)(H,27,28). The van der Waals surface area contributed by atoms with Crippen molar-refractivity contribution < 1.29 is 19.8 Å². The molecule has 3 aromatic carbocycles. The van der Waals surface area contributed by atoms with Crippen LogP contribution in [0, 0.1) is 0 Å². The van der Waals surface area contributed by atoms with Gasteiger partial charge in [0.25, 0.3) is 0 Å². The molecule has 0 saturated carbocycles. The Balaban J connectivity index is 1.72.